The number of amides is 1. The lowest BCUT2D eigenvalue weighted by Gasteiger charge is -2.17. The molecule has 1 rings (SSSR count). The van der Waals surface area contributed by atoms with Crippen molar-refractivity contribution in [3.8, 4) is 17.2 Å². The summed E-state index contributed by atoms with van der Waals surface area (Å²) in [4.78, 5) is 21.8. The number of methoxy groups -OCH3 is 1. The van der Waals surface area contributed by atoms with Crippen molar-refractivity contribution in [3.05, 3.63) is 17.7 Å². The first-order chi connectivity index (χ1) is 9.57. The molecule has 10 heteroatoms. The van der Waals surface area contributed by atoms with Crippen LogP contribution in [-0.2, 0) is 9.59 Å². The number of halogens is 3. The second-order valence-corrected chi connectivity index (χ2v) is 3.83. The first kappa shape index (κ1) is 16.4. The van der Waals surface area contributed by atoms with Crippen LogP contribution in [0.4, 0.5) is 13.2 Å². The Morgan fingerprint density at radius 2 is 1.71 bits per heavy atom. The second kappa shape index (κ2) is 5.77. The predicted octanol–water partition coefficient (Wildman–Crippen LogP) is 0.911. The van der Waals surface area contributed by atoms with Crippen LogP contribution < -0.4 is 10.1 Å². The van der Waals surface area contributed by atoms with Crippen LogP contribution in [0.3, 0.4) is 0 Å². The molecular weight excluding hydrogens is 299 g/mol. The van der Waals surface area contributed by atoms with Gasteiger partial charge in [-0.05, 0) is 17.7 Å². The maximum absolute atomic E-state index is 12.1. The number of carboxylic acids is 1. The summed E-state index contributed by atoms with van der Waals surface area (Å²) in [5.74, 6) is -6.05. The fourth-order valence-electron chi connectivity index (χ4n) is 1.50. The van der Waals surface area contributed by atoms with Gasteiger partial charge in [0, 0.05) is 0 Å². The first-order valence-electron chi connectivity index (χ1n) is 5.28. The minimum absolute atomic E-state index is 0.384. The normalized spacial score (nSPS) is 12.6. The number of hydrogen-bond acceptors (Lipinski definition) is 5. The van der Waals surface area contributed by atoms with E-state index in [4.69, 9.17) is 5.11 Å². The second-order valence-electron chi connectivity index (χ2n) is 3.83. The number of carbonyl (C=O) groups excluding carboxylic acids is 1. The molecule has 0 aliphatic rings. The minimum atomic E-state index is -5.27. The Balaban J connectivity index is 3.19. The smallest absolute Gasteiger partial charge is 0.471 e. The van der Waals surface area contributed by atoms with E-state index >= 15 is 0 Å². The van der Waals surface area contributed by atoms with Crippen molar-refractivity contribution in [1.29, 1.82) is 0 Å². The molecule has 0 aliphatic carbocycles. The number of rotatable bonds is 4. The van der Waals surface area contributed by atoms with Crippen molar-refractivity contribution < 1.29 is 42.8 Å². The Hall–Kier alpha value is -2.65. The van der Waals surface area contributed by atoms with Crippen LogP contribution in [0.5, 0.6) is 17.2 Å². The molecule has 1 atom stereocenters. The highest BCUT2D eigenvalue weighted by Crippen LogP contribution is 2.38. The van der Waals surface area contributed by atoms with E-state index in [0.717, 1.165) is 19.2 Å². The van der Waals surface area contributed by atoms with Gasteiger partial charge in [-0.15, -0.1) is 0 Å². The van der Waals surface area contributed by atoms with Crippen molar-refractivity contribution in [2.24, 2.45) is 0 Å². The number of hydrogen-bond donors (Lipinski definition) is 4. The number of carboxylic acid groups (broad SMARTS) is 1. The average Bonchev–Trinajstić information content (AvgIpc) is 2.33. The van der Waals surface area contributed by atoms with Gasteiger partial charge >= 0.3 is 18.1 Å². The molecule has 0 aromatic heterocycles. The highest BCUT2D eigenvalue weighted by Gasteiger charge is 2.41. The summed E-state index contributed by atoms with van der Waals surface area (Å²) in [6.45, 7) is 0. The van der Waals surface area contributed by atoms with Crippen molar-refractivity contribution in [2.45, 2.75) is 12.2 Å². The van der Waals surface area contributed by atoms with E-state index in [2.05, 4.69) is 4.74 Å². The molecule has 1 aromatic rings. The number of carbonyl (C=O) groups is 2. The third-order valence-corrected chi connectivity index (χ3v) is 2.39. The van der Waals surface area contributed by atoms with Crippen molar-refractivity contribution in [1.82, 2.24) is 5.32 Å². The molecule has 4 N–H and O–H groups in total. The predicted molar refractivity (Wildman–Crippen MR) is 60.9 cm³/mol. The van der Waals surface area contributed by atoms with Crippen LogP contribution in [0.2, 0.25) is 0 Å². The van der Waals surface area contributed by atoms with Gasteiger partial charge in [-0.3, -0.25) is 4.79 Å². The molecule has 0 spiro atoms. The van der Waals surface area contributed by atoms with Crippen LogP contribution in [-0.4, -0.2) is 40.5 Å². The topological polar surface area (TPSA) is 116 Å². The minimum Gasteiger partial charge on any atom is -0.504 e. The van der Waals surface area contributed by atoms with Gasteiger partial charge in [0.1, 0.15) is 0 Å². The number of phenolic OH excluding ortho intramolecular Hbond substituents is 2. The van der Waals surface area contributed by atoms with Crippen LogP contribution in [0, 0.1) is 0 Å². The fourth-order valence-corrected chi connectivity index (χ4v) is 1.50. The lowest BCUT2D eigenvalue weighted by atomic mass is 10.1. The number of aliphatic carboxylic acids is 1. The molecular formula is C11H10F3NO6. The molecule has 21 heavy (non-hydrogen) atoms. The summed E-state index contributed by atoms with van der Waals surface area (Å²) >= 11 is 0. The third kappa shape index (κ3) is 3.68. The largest absolute Gasteiger partial charge is 0.504 e. The van der Waals surface area contributed by atoms with Gasteiger partial charge in [0.15, 0.2) is 17.5 Å². The molecule has 0 radical (unpaired) electrons. The van der Waals surface area contributed by atoms with Crippen molar-refractivity contribution in [2.75, 3.05) is 7.11 Å². The van der Waals surface area contributed by atoms with Crippen LogP contribution in [0.15, 0.2) is 12.1 Å². The van der Waals surface area contributed by atoms with E-state index in [1.165, 1.54) is 5.32 Å². The number of aromatic hydroxyl groups is 2. The highest BCUT2D eigenvalue weighted by molar-refractivity contribution is 5.87. The number of ether oxygens (including phenoxy) is 1. The zero-order valence-electron chi connectivity index (χ0n) is 10.4. The molecule has 0 saturated heterocycles. The van der Waals surface area contributed by atoms with Gasteiger partial charge in [-0.2, -0.15) is 13.2 Å². The third-order valence-electron chi connectivity index (χ3n) is 2.39. The summed E-state index contributed by atoms with van der Waals surface area (Å²) in [6.07, 6.45) is -5.27. The Bertz CT molecular complexity index is 549. The zero-order valence-corrected chi connectivity index (χ0v) is 10.4. The van der Waals surface area contributed by atoms with Crippen LogP contribution in [0.25, 0.3) is 0 Å². The van der Waals surface area contributed by atoms with E-state index < -0.39 is 41.2 Å². The number of benzene rings is 1. The van der Waals surface area contributed by atoms with Crippen molar-refractivity contribution in [3.63, 3.8) is 0 Å². The summed E-state index contributed by atoms with van der Waals surface area (Å²) in [6, 6.07) is -0.594. The van der Waals surface area contributed by atoms with Crippen molar-refractivity contribution >= 4 is 11.9 Å². The first-order valence-corrected chi connectivity index (χ1v) is 5.28. The molecule has 0 saturated carbocycles. The van der Waals surface area contributed by atoms with E-state index in [0.29, 0.717) is 0 Å². The standard InChI is InChI=1S/C11H10F3NO6/c1-21-8-5(16)2-4(3-6(8)17)7(9(18)19)15-10(20)11(12,13)14/h2-3,7,16-17H,1H3,(H,15,20)(H,18,19)/t7-/m1/s1. The zero-order chi connectivity index (χ0) is 16.4. The maximum Gasteiger partial charge on any atom is 0.471 e. The maximum atomic E-state index is 12.1. The summed E-state index contributed by atoms with van der Waals surface area (Å²) in [5.41, 5.74) is -0.462. The van der Waals surface area contributed by atoms with Gasteiger partial charge in [0.25, 0.3) is 0 Å². The monoisotopic (exact) mass is 309 g/mol. The molecule has 7 nitrogen and oxygen atoms in total. The van der Waals surface area contributed by atoms with E-state index in [9.17, 15) is 33.0 Å². The van der Waals surface area contributed by atoms with Gasteiger partial charge in [-0.25, -0.2) is 4.79 Å². The molecule has 0 fully saturated rings. The summed E-state index contributed by atoms with van der Waals surface area (Å²) in [7, 11) is 1.11. The van der Waals surface area contributed by atoms with Gasteiger partial charge in [0.05, 0.1) is 7.11 Å². The fraction of sp³-hybridized carbons (Fsp3) is 0.273. The molecule has 0 bridgehead atoms. The van der Waals surface area contributed by atoms with E-state index in [1.54, 1.807) is 0 Å². The molecule has 1 aromatic carbocycles. The van der Waals surface area contributed by atoms with E-state index in [1.807, 2.05) is 0 Å². The molecule has 0 aliphatic heterocycles. The summed E-state index contributed by atoms with van der Waals surface area (Å²) < 4.78 is 41.0. The quantitative estimate of drug-likeness (QED) is 0.657. The Kier molecular flexibility index (Phi) is 4.51. The van der Waals surface area contributed by atoms with Crippen LogP contribution >= 0.6 is 0 Å². The Morgan fingerprint density at radius 3 is 2.05 bits per heavy atom. The van der Waals surface area contributed by atoms with Crippen LogP contribution in [0.1, 0.15) is 11.6 Å². The SMILES string of the molecule is COc1c(O)cc([C@@H](NC(=O)C(F)(F)F)C(=O)O)cc1O. The lowest BCUT2D eigenvalue weighted by molar-refractivity contribution is -0.175. The molecule has 0 heterocycles. The highest BCUT2D eigenvalue weighted by atomic mass is 19.4. The lowest BCUT2D eigenvalue weighted by Crippen LogP contribution is -2.41. The van der Waals surface area contributed by atoms with Gasteiger partial charge in [0.2, 0.25) is 5.75 Å². The van der Waals surface area contributed by atoms with Gasteiger partial charge < -0.3 is 25.4 Å². The molecule has 1 amide bonds. The average molecular weight is 309 g/mol. The van der Waals surface area contributed by atoms with Gasteiger partial charge in [-0.1, -0.05) is 0 Å². The molecule has 0 unspecified atom stereocenters. The number of phenols is 2. The summed E-state index contributed by atoms with van der Waals surface area (Å²) in [5, 5.41) is 29.1. The Morgan fingerprint density at radius 1 is 1.24 bits per heavy atom. The number of nitrogens with one attached hydrogen (secondary N) is 1. The number of alkyl halides is 3. The van der Waals surface area contributed by atoms with E-state index in [-0.39, 0.29) is 5.75 Å². The Labute approximate surface area is 115 Å². The molecule has 116 valence electrons.